The van der Waals surface area contributed by atoms with Gasteiger partial charge in [0.15, 0.2) is 28.5 Å². The molecule has 0 spiro atoms. The molecular weight excluding hydrogens is 436 g/mol. The third kappa shape index (κ3) is 3.91. The number of piperazine rings is 1. The molecule has 4 heterocycles. The van der Waals surface area contributed by atoms with Crippen LogP contribution in [0.4, 0.5) is 11.8 Å². The number of methoxy groups -OCH3 is 2. The van der Waals surface area contributed by atoms with Crippen molar-refractivity contribution in [1.29, 1.82) is 0 Å². The molecule has 1 aliphatic rings. The highest BCUT2D eigenvalue weighted by Crippen LogP contribution is 2.32. The van der Waals surface area contributed by atoms with Crippen molar-refractivity contribution in [3.8, 4) is 22.8 Å². The number of anilines is 2. The fourth-order valence-electron chi connectivity index (χ4n) is 4.02. The third-order valence-electron chi connectivity index (χ3n) is 5.78. The molecule has 3 N–H and O–H groups in total. The second-order valence-corrected chi connectivity index (χ2v) is 7.77. The van der Waals surface area contributed by atoms with Gasteiger partial charge in [-0.25, -0.2) is 9.97 Å². The van der Waals surface area contributed by atoms with E-state index < -0.39 is 0 Å². The zero-order valence-electron chi connectivity index (χ0n) is 18.9. The van der Waals surface area contributed by atoms with Gasteiger partial charge in [0.1, 0.15) is 5.69 Å². The summed E-state index contributed by atoms with van der Waals surface area (Å²) in [6, 6.07) is 9.14. The summed E-state index contributed by atoms with van der Waals surface area (Å²) < 4.78 is 10.7. The molecule has 11 heteroatoms. The largest absolute Gasteiger partial charge is 0.493 e. The van der Waals surface area contributed by atoms with E-state index in [1.807, 2.05) is 29.2 Å². The third-order valence-corrected chi connectivity index (χ3v) is 5.78. The molecule has 5 rings (SSSR count). The van der Waals surface area contributed by atoms with Crippen molar-refractivity contribution in [2.45, 2.75) is 0 Å². The first-order chi connectivity index (χ1) is 16.6. The van der Waals surface area contributed by atoms with E-state index in [4.69, 9.17) is 20.2 Å². The number of hydrogen-bond donors (Lipinski definition) is 2. The lowest BCUT2D eigenvalue weighted by molar-refractivity contribution is 0.0741. The fourth-order valence-corrected chi connectivity index (χ4v) is 4.02. The summed E-state index contributed by atoms with van der Waals surface area (Å²) in [5, 5.41) is 0. The van der Waals surface area contributed by atoms with Crippen molar-refractivity contribution in [2.75, 3.05) is 51.0 Å². The number of nitrogens with zero attached hydrogens (tertiary/aromatic N) is 6. The summed E-state index contributed by atoms with van der Waals surface area (Å²) in [5.74, 6) is 1.93. The Morgan fingerprint density at radius 2 is 1.82 bits per heavy atom. The average molecular weight is 460 g/mol. The maximum atomic E-state index is 12.7. The fraction of sp³-hybridized carbons (Fsp3) is 0.261. The zero-order valence-corrected chi connectivity index (χ0v) is 18.9. The second kappa shape index (κ2) is 8.85. The summed E-state index contributed by atoms with van der Waals surface area (Å²) in [6.07, 6.45) is 3.39. The molecule has 1 aromatic carbocycles. The van der Waals surface area contributed by atoms with E-state index >= 15 is 0 Å². The van der Waals surface area contributed by atoms with Crippen LogP contribution < -0.4 is 20.1 Å². The van der Waals surface area contributed by atoms with Crippen molar-refractivity contribution in [3.63, 3.8) is 0 Å². The molecule has 1 aliphatic heterocycles. The van der Waals surface area contributed by atoms with Crippen LogP contribution in [0, 0.1) is 0 Å². The van der Waals surface area contributed by atoms with Crippen LogP contribution >= 0.6 is 0 Å². The number of ether oxygens (including phenoxy) is 2. The number of amides is 1. The molecule has 0 radical (unpaired) electrons. The molecule has 174 valence electrons. The molecule has 0 bridgehead atoms. The maximum absolute atomic E-state index is 12.7. The maximum Gasteiger partial charge on any atom is 0.270 e. The number of rotatable bonds is 5. The van der Waals surface area contributed by atoms with Gasteiger partial charge in [-0.2, -0.15) is 9.97 Å². The molecule has 3 aromatic heterocycles. The summed E-state index contributed by atoms with van der Waals surface area (Å²) in [5.41, 5.74) is 8.97. The van der Waals surface area contributed by atoms with Crippen molar-refractivity contribution in [3.05, 3.63) is 48.4 Å². The van der Waals surface area contributed by atoms with Crippen LogP contribution in [0.15, 0.2) is 42.7 Å². The highest BCUT2D eigenvalue weighted by Gasteiger charge is 2.25. The highest BCUT2D eigenvalue weighted by atomic mass is 16.5. The van der Waals surface area contributed by atoms with Gasteiger partial charge in [-0.1, -0.05) is 0 Å². The normalized spacial score (nSPS) is 13.8. The quantitative estimate of drug-likeness (QED) is 0.458. The van der Waals surface area contributed by atoms with Crippen LogP contribution in [0.5, 0.6) is 11.5 Å². The van der Waals surface area contributed by atoms with Gasteiger partial charge in [0.25, 0.3) is 5.91 Å². The lowest BCUT2D eigenvalue weighted by atomic mass is 10.1. The van der Waals surface area contributed by atoms with E-state index in [0.717, 1.165) is 5.56 Å². The minimum atomic E-state index is -0.0211. The van der Waals surface area contributed by atoms with E-state index in [9.17, 15) is 4.79 Å². The van der Waals surface area contributed by atoms with Gasteiger partial charge in [-0.3, -0.25) is 4.79 Å². The van der Waals surface area contributed by atoms with Crippen LogP contribution in [0.1, 0.15) is 10.5 Å². The van der Waals surface area contributed by atoms with E-state index in [1.54, 1.807) is 32.7 Å². The minimum absolute atomic E-state index is 0.0211. The lowest BCUT2D eigenvalue weighted by Gasteiger charge is -2.35. The van der Waals surface area contributed by atoms with Gasteiger partial charge >= 0.3 is 0 Å². The van der Waals surface area contributed by atoms with E-state index in [0.29, 0.717) is 66.0 Å². The molecule has 0 aliphatic carbocycles. The molecule has 1 fully saturated rings. The van der Waals surface area contributed by atoms with E-state index in [1.165, 1.54) is 0 Å². The number of nitrogens with two attached hydrogens (primary N) is 1. The summed E-state index contributed by atoms with van der Waals surface area (Å²) >= 11 is 0. The SMILES string of the molecule is COc1ccc(-c2cnc3nc(N)nc(N4CCN(C(=O)c5ccc[nH]5)CC4)c3n2)cc1OC. The Kier molecular flexibility index (Phi) is 5.58. The molecular formula is C23H24N8O3. The molecule has 34 heavy (non-hydrogen) atoms. The number of H-pyrrole nitrogens is 1. The van der Waals surface area contributed by atoms with E-state index in [-0.39, 0.29) is 11.9 Å². The van der Waals surface area contributed by atoms with Gasteiger partial charge in [0.2, 0.25) is 5.95 Å². The van der Waals surface area contributed by atoms with Crippen molar-refractivity contribution in [2.24, 2.45) is 0 Å². The van der Waals surface area contributed by atoms with Gasteiger partial charge in [-0.05, 0) is 30.3 Å². The Hall–Kier alpha value is -4.41. The average Bonchev–Trinajstić information content (AvgIpc) is 3.42. The van der Waals surface area contributed by atoms with Crippen molar-refractivity contribution >= 4 is 28.8 Å². The van der Waals surface area contributed by atoms with Crippen LogP contribution in [-0.4, -0.2) is 76.1 Å². The van der Waals surface area contributed by atoms with Crippen molar-refractivity contribution in [1.82, 2.24) is 29.8 Å². The first-order valence-corrected chi connectivity index (χ1v) is 10.8. The number of aromatic nitrogens is 5. The second-order valence-electron chi connectivity index (χ2n) is 7.77. The van der Waals surface area contributed by atoms with Crippen LogP contribution in [0.25, 0.3) is 22.4 Å². The monoisotopic (exact) mass is 460 g/mol. The standard InChI is InChI=1S/C23H24N8O3/c1-33-17-6-5-14(12-18(17)34-2)16-13-26-20-19(27-16)21(29-23(24)28-20)30-8-10-31(11-9-30)22(32)15-4-3-7-25-15/h3-7,12-13,25H,8-11H2,1-2H3,(H2,24,26,28,29). The van der Waals surface area contributed by atoms with Crippen LogP contribution in [0.3, 0.4) is 0 Å². The first-order valence-electron chi connectivity index (χ1n) is 10.8. The molecule has 1 saturated heterocycles. The number of carbonyl (C=O) groups excluding carboxylic acids is 1. The minimum Gasteiger partial charge on any atom is -0.493 e. The van der Waals surface area contributed by atoms with Crippen LogP contribution in [0.2, 0.25) is 0 Å². The number of carbonyl (C=O) groups is 1. The summed E-state index contributed by atoms with van der Waals surface area (Å²) in [7, 11) is 3.18. The number of nitrogen functional groups attached to an aromatic ring is 1. The van der Waals surface area contributed by atoms with Gasteiger partial charge in [0, 0.05) is 37.9 Å². The Bertz CT molecular complexity index is 1330. The number of benzene rings is 1. The molecule has 0 saturated carbocycles. The number of hydrogen-bond acceptors (Lipinski definition) is 9. The predicted octanol–water partition coefficient (Wildman–Crippen LogP) is 1.98. The smallest absolute Gasteiger partial charge is 0.270 e. The van der Waals surface area contributed by atoms with Gasteiger partial charge in [-0.15, -0.1) is 0 Å². The summed E-state index contributed by atoms with van der Waals surface area (Å²) in [4.78, 5) is 37.5. The van der Waals surface area contributed by atoms with E-state index in [2.05, 4.69) is 24.8 Å². The summed E-state index contributed by atoms with van der Waals surface area (Å²) in [6.45, 7) is 2.26. The Morgan fingerprint density at radius 3 is 2.53 bits per heavy atom. The molecule has 0 unspecified atom stereocenters. The molecule has 1 amide bonds. The lowest BCUT2D eigenvalue weighted by Crippen LogP contribution is -2.49. The van der Waals surface area contributed by atoms with Crippen molar-refractivity contribution < 1.29 is 14.3 Å². The molecule has 0 atom stereocenters. The number of aromatic amines is 1. The predicted molar refractivity (Wildman–Crippen MR) is 127 cm³/mol. The zero-order chi connectivity index (χ0) is 23.7. The van der Waals surface area contributed by atoms with Gasteiger partial charge < -0.3 is 30.0 Å². The number of nitrogens with one attached hydrogen (secondary N) is 1. The Labute approximate surface area is 195 Å². The van der Waals surface area contributed by atoms with Crippen LogP contribution in [-0.2, 0) is 0 Å². The number of fused-ring (bicyclic) bond motifs is 1. The topological polar surface area (TPSA) is 135 Å². The van der Waals surface area contributed by atoms with Gasteiger partial charge in [0.05, 0.1) is 26.1 Å². The molecule has 4 aromatic rings. The Balaban J connectivity index is 1.45. The Morgan fingerprint density at radius 1 is 1.03 bits per heavy atom. The highest BCUT2D eigenvalue weighted by molar-refractivity contribution is 5.92. The molecule has 11 nitrogen and oxygen atoms in total. The first kappa shape index (κ1) is 21.4.